The number of carbonyl (C=O) groups is 1. The summed E-state index contributed by atoms with van der Waals surface area (Å²) in [6.45, 7) is 0. The van der Waals surface area contributed by atoms with E-state index in [2.05, 4.69) is 38.1 Å². The fraction of sp³-hybridized carbons (Fsp3) is 0.300. The summed E-state index contributed by atoms with van der Waals surface area (Å²) in [5.74, 6) is 5.77. The average molecular weight is 434 g/mol. The number of benzene rings is 1. The first-order chi connectivity index (χ1) is 12.4. The van der Waals surface area contributed by atoms with E-state index < -0.39 is 5.60 Å². The summed E-state index contributed by atoms with van der Waals surface area (Å²) in [4.78, 5) is 16.4. The number of hydrogen-bond acceptors (Lipinski definition) is 3. The van der Waals surface area contributed by atoms with Crippen LogP contribution in [0, 0.1) is 11.8 Å². The third-order valence-electron chi connectivity index (χ3n) is 4.29. The fourth-order valence-electron chi connectivity index (χ4n) is 3.05. The van der Waals surface area contributed by atoms with Crippen molar-refractivity contribution >= 4 is 33.4 Å². The number of nitrogens with zero attached hydrogens (tertiary/aromatic N) is 1. The number of nitrogens with one attached hydrogen (secondary N) is 1. The number of amides is 1. The summed E-state index contributed by atoms with van der Waals surface area (Å²) in [6.07, 6.45) is 5.74. The van der Waals surface area contributed by atoms with Crippen molar-refractivity contribution in [2.45, 2.75) is 37.3 Å². The molecule has 1 aliphatic rings. The molecule has 6 heteroatoms. The van der Waals surface area contributed by atoms with Gasteiger partial charge in [0.2, 0.25) is 0 Å². The van der Waals surface area contributed by atoms with E-state index in [-0.39, 0.29) is 11.9 Å². The second kappa shape index (κ2) is 8.22. The van der Waals surface area contributed by atoms with Crippen molar-refractivity contribution in [3.05, 3.63) is 63.3 Å². The Bertz CT molecular complexity index is 877. The molecule has 0 bridgehead atoms. The maximum absolute atomic E-state index is 12.4. The second-order valence-electron chi connectivity index (χ2n) is 6.45. The van der Waals surface area contributed by atoms with Crippen LogP contribution < -0.4 is 5.32 Å². The van der Waals surface area contributed by atoms with Crippen LogP contribution in [0.2, 0.25) is 5.02 Å². The molecule has 2 aromatic rings. The number of pyridine rings is 1. The van der Waals surface area contributed by atoms with Gasteiger partial charge < -0.3 is 10.4 Å². The lowest BCUT2D eigenvalue weighted by Crippen LogP contribution is -2.45. The Morgan fingerprint density at radius 2 is 2.23 bits per heavy atom. The van der Waals surface area contributed by atoms with E-state index in [0.717, 1.165) is 22.9 Å². The predicted molar refractivity (Wildman–Crippen MR) is 105 cm³/mol. The van der Waals surface area contributed by atoms with Crippen LogP contribution in [0.15, 0.2) is 47.2 Å². The van der Waals surface area contributed by atoms with Crippen LogP contribution in [-0.4, -0.2) is 27.6 Å². The summed E-state index contributed by atoms with van der Waals surface area (Å²) in [5, 5.41) is 14.4. The molecule has 0 spiro atoms. The fourth-order valence-corrected chi connectivity index (χ4v) is 3.60. The maximum atomic E-state index is 12.4. The minimum absolute atomic E-state index is 0.131. The normalized spacial score (nSPS) is 22.2. The molecular formula is C20H18BrClN2O2. The van der Waals surface area contributed by atoms with Crippen LogP contribution in [-0.2, 0) is 0 Å². The van der Waals surface area contributed by atoms with E-state index in [1.54, 1.807) is 24.4 Å². The third-order valence-corrected chi connectivity index (χ3v) is 4.96. The van der Waals surface area contributed by atoms with Gasteiger partial charge in [-0.15, -0.1) is 0 Å². The Kier molecular flexibility index (Phi) is 5.98. The number of halogens is 2. The highest BCUT2D eigenvalue weighted by Crippen LogP contribution is 2.28. The van der Waals surface area contributed by atoms with E-state index in [9.17, 15) is 9.90 Å². The molecule has 1 heterocycles. The van der Waals surface area contributed by atoms with E-state index in [4.69, 9.17) is 11.6 Å². The molecule has 1 aliphatic carbocycles. The summed E-state index contributed by atoms with van der Waals surface area (Å²) in [6, 6.07) is 8.81. The van der Waals surface area contributed by atoms with Gasteiger partial charge in [0.05, 0.1) is 5.56 Å². The maximum Gasteiger partial charge on any atom is 0.253 e. The van der Waals surface area contributed by atoms with Gasteiger partial charge in [-0.3, -0.25) is 9.78 Å². The minimum atomic E-state index is -1.12. The van der Waals surface area contributed by atoms with Crippen LogP contribution in [0.5, 0.6) is 0 Å². The van der Waals surface area contributed by atoms with Gasteiger partial charge in [0.25, 0.3) is 5.91 Å². The van der Waals surface area contributed by atoms with E-state index in [1.165, 1.54) is 6.20 Å². The molecule has 1 fully saturated rings. The van der Waals surface area contributed by atoms with Gasteiger partial charge in [-0.1, -0.05) is 29.5 Å². The molecule has 26 heavy (non-hydrogen) atoms. The first-order valence-corrected chi connectivity index (χ1v) is 9.53. The topological polar surface area (TPSA) is 62.2 Å². The molecule has 0 unspecified atom stereocenters. The Balaban J connectivity index is 1.68. The molecule has 0 aliphatic heterocycles. The monoisotopic (exact) mass is 432 g/mol. The van der Waals surface area contributed by atoms with Crippen molar-refractivity contribution in [2.75, 3.05) is 0 Å². The first-order valence-electron chi connectivity index (χ1n) is 8.36. The highest BCUT2D eigenvalue weighted by atomic mass is 79.9. The number of hydrogen-bond donors (Lipinski definition) is 2. The number of aromatic nitrogens is 1. The van der Waals surface area contributed by atoms with Crippen molar-refractivity contribution in [1.82, 2.24) is 10.3 Å². The smallest absolute Gasteiger partial charge is 0.253 e. The van der Waals surface area contributed by atoms with Crippen molar-refractivity contribution < 1.29 is 9.90 Å². The Morgan fingerprint density at radius 3 is 3.00 bits per heavy atom. The quantitative estimate of drug-likeness (QED) is 0.705. The Labute approximate surface area is 166 Å². The van der Waals surface area contributed by atoms with Crippen molar-refractivity contribution in [3.8, 4) is 11.8 Å². The summed E-state index contributed by atoms with van der Waals surface area (Å²) < 4.78 is 0.748. The number of carbonyl (C=O) groups excluding carboxylic acids is 1. The molecule has 0 radical (unpaired) electrons. The van der Waals surface area contributed by atoms with Crippen LogP contribution in [0.3, 0.4) is 0 Å². The van der Waals surface area contributed by atoms with Crippen molar-refractivity contribution in [1.29, 1.82) is 0 Å². The molecule has 134 valence electrons. The molecule has 0 saturated heterocycles. The molecule has 1 aromatic heterocycles. The zero-order valence-corrected chi connectivity index (χ0v) is 16.3. The molecule has 3 rings (SSSR count). The average Bonchev–Trinajstić information content (AvgIpc) is 2.60. The van der Waals surface area contributed by atoms with E-state index >= 15 is 0 Å². The van der Waals surface area contributed by atoms with Gasteiger partial charge in [-0.2, -0.15) is 0 Å². The molecule has 2 atom stereocenters. The van der Waals surface area contributed by atoms with Crippen molar-refractivity contribution in [3.63, 3.8) is 0 Å². The van der Waals surface area contributed by atoms with Gasteiger partial charge in [0, 0.05) is 39.9 Å². The number of aliphatic hydroxyl groups is 1. The zero-order chi connectivity index (χ0) is 18.6. The third kappa shape index (κ3) is 5.07. The molecule has 1 aromatic carbocycles. The van der Waals surface area contributed by atoms with Crippen LogP contribution in [0.4, 0.5) is 0 Å². The van der Waals surface area contributed by atoms with Gasteiger partial charge in [0.15, 0.2) is 0 Å². The molecule has 4 nitrogen and oxygen atoms in total. The van der Waals surface area contributed by atoms with Crippen LogP contribution in [0.25, 0.3) is 0 Å². The molecule has 1 amide bonds. The highest BCUT2D eigenvalue weighted by Gasteiger charge is 2.33. The standard InChI is InChI=1S/C20H18BrClN2O2/c21-16-10-15(12-23-13-16)19(25)24-18-5-2-7-20(26,11-18)8-6-14-3-1-4-17(22)9-14/h1,3-4,9-10,12-13,18,26H,2,5,7,11H2,(H,24,25)/t18-,20+/m0/s1. The van der Waals surface area contributed by atoms with Gasteiger partial charge in [0.1, 0.15) is 5.60 Å². The molecular weight excluding hydrogens is 416 g/mol. The minimum Gasteiger partial charge on any atom is -0.378 e. The van der Waals surface area contributed by atoms with Gasteiger partial charge >= 0.3 is 0 Å². The largest absolute Gasteiger partial charge is 0.378 e. The predicted octanol–water partition coefficient (Wildman–Crippen LogP) is 3.95. The van der Waals surface area contributed by atoms with Gasteiger partial charge in [-0.05, 0) is 59.5 Å². The van der Waals surface area contributed by atoms with Crippen LogP contribution in [0.1, 0.15) is 41.6 Å². The second-order valence-corrected chi connectivity index (χ2v) is 7.80. The van der Waals surface area contributed by atoms with E-state index in [0.29, 0.717) is 23.4 Å². The highest BCUT2D eigenvalue weighted by molar-refractivity contribution is 9.10. The first kappa shape index (κ1) is 18.9. The lowest BCUT2D eigenvalue weighted by molar-refractivity contribution is 0.0452. The Morgan fingerprint density at radius 1 is 1.38 bits per heavy atom. The molecule has 2 N–H and O–H groups in total. The van der Waals surface area contributed by atoms with Crippen LogP contribution >= 0.6 is 27.5 Å². The zero-order valence-electron chi connectivity index (χ0n) is 14.0. The van der Waals surface area contributed by atoms with Gasteiger partial charge in [-0.25, -0.2) is 0 Å². The number of rotatable bonds is 2. The van der Waals surface area contributed by atoms with E-state index in [1.807, 2.05) is 12.1 Å². The van der Waals surface area contributed by atoms with Crippen molar-refractivity contribution in [2.24, 2.45) is 0 Å². The summed E-state index contributed by atoms with van der Waals surface area (Å²) in [7, 11) is 0. The summed E-state index contributed by atoms with van der Waals surface area (Å²) in [5.41, 5.74) is 0.129. The lowest BCUT2D eigenvalue weighted by Gasteiger charge is -2.33. The molecule has 1 saturated carbocycles. The SMILES string of the molecule is O=C(N[C@H]1CCC[C@@](O)(C#Cc2cccc(Cl)c2)C1)c1cncc(Br)c1. The lowest BCUT2D eigenvalue weighted by atomic mass is 9.82. The Hall–Kier alpha value is -1.87. The summed E-state index contributed by atoms with van der Waals surface area (Å²) >= 11 is 9.28.